The lowest BCUT2D eigenvalue weighted by Gasteiger charge is -2.11. The molecule has 0 amide bonds. The van der Waals surface area contributed by atoms with Crippen LogP contribution in [0.2, 0.25) is 0 Å². The summed E-state index contributed by atoms with van der Waals surface area (Å²) >= 11 is 8.39. The summed E-state index contributed by atoms with van der Waals surface area (Å²) in [5.74, 6) is 0.824. The maximum Gasteiger partial charge on any atom is 0.205 e. The number of halogens is 2. The summed E-state index contributed by atoms with van der Waals surface area (Å²) in [6, 6.07) is 3.96. The van der Waals surface area contributed by atoms with Crippen LogP contribution in [-0.4, -0.2) is 17.3 Å². The van der Waals surface area contributed by atoms with Crippen LogP contribution in [-0.2, 0) is 6.54 Å². The number of aromatic nitrogens is 2. The number of rotatable bonds is 4. The summed E-state index contributed by atoms with van der Waals surface area (Å²) < 4.78 is 7.28. The van der Waals surface area contributed by atoms with Crippen LogP contribution in [0.3, 0.4) is 0 Å². The van der Waals surface area contributed by atoms with Crippen LogP contribution in [0, 0.1) is 0 Å². The fourth-order valence-corrected chi connectivity index (χ4v) is 3.31. The van der Waals surface area contributed by atoms with E-state index in [9.17, 15) is 0 Å². The number of methoxy groups -OCH3 is 1. The van der Waals surface area contributed by atoms with E-state index < -0.39 is 0 Å². The number of benzene rings is 1. The predicted octanol–water partition coefficient (Wildman–Crippen LogP) is 3.68. The molecule has 17 heavy (non-hydrogen) atoms. The van der Waals surface area contributed by atoms with Gasteiger partial charge in [0.25, 0.3) is 0 Å². The minimum atomic E-state index is 0.635. The van der Waals surface area contributed by atoms with Crippen molar-refractivity contribution in [1.82, 2.24) is 10.2 Å². The second-order valence-corrected chi connectivity index (χ2v) is 5.78. The Morgan fingerprint density at radius 1 is 1.41 bits per heavy atom. The number of nitrogens with zero attached hydrogens (tertiary/aromatic N) is 2. The molecule has 0 bridgehead atoms. The average molecular weight is 379 g/mol. The van der Waals surface area contributed by atoms with Gasteiger partial charge < -0.3 is 10.1 Å². The van der Waals surface area contributed by atoms with E-state index in [1.54, 1.807) is 12.6 Å². The van der Waals surface area contributed by atoms with Crippen LogP contribution < -0.4 is 10.1 Å². The van der Waals surface area contributed by atoms with Gasteiger partial charge >= 0.3 is 0 Å². The molecule has 1 aromatic carbocycles. The third-order valence-corrected chi connectivity index (χ3v) is 3.78. The lowest BCUT2D eigenvalue weighted by molar-refractivity contribution is 0.407. The van der Waals surface area contributed by atoms with Gasteiger partial charge in [-0.1, -0.05) is 27.3 Å². The lowest BCUT2D eigenvalue weighted by Crippen LogP contribution is -2.02. The van der Waals surface area contributed by atoms with Gasteiger partial charge in [-0.2, -0.15) is 0 Å². The van der Waals surface area contributed by atoms with Crippen molar-refractivity contribution in [3.63, 3.8) is 0 Å². The second kappa shape index (κ2) is 5.79. The molecule has 4 nitrogen and oxygen atoms in total. The van der Waals surface area contributed by atoms with Gasteiger partial charge in [0, 0.05) is 16.6 Å². The van der Waals surface area contributed by atoms with Gasteiger partial charge in [0.05, 0.1) is 11.6 Å². The Kier molecular flexibility index (Phi) is 4.36. The smallest absolute Gasteiger partial charge is 0.205 e. The second-order valence-electron chi connectivity index (χ2n) is 3.18. The molecule has 0 saturated heterocycles. The van der Waals surface area contributed by atoms with Crippen molar-refractivity contribution in [2.75, 3.05) is 12.4 Å². The molecule has 0 fully saturated rings. The topological polar surface area (TPSA) is 47.0 Å². The Morgan fingerprint density at radius 2 is 2.24 bits per heavy atom. The minimum Gasteiger partial charge on any atom is -0.495 e. The third kappa shape index (κ3) is 3.17. The highest BCUT2D eigenvalue weighted by atomic mass is 79.9. The Labute approximate surface area is 120 Å². The van der Waals surface area contributed by atoms with Crippen LogP contribution in [0.1, 0.15) is 5.56 Å². The number of hydrogen-bond acceptors (Lipinski definition) is 5. The van der Waals surface area contributed by atoms with Crippen molar-refractivity contribution in [3.8, 4) is 5.75 Å². The third-order valence-electron chi connectivity index (χ3n) is 2.08. The molecule has 90 valence electrons. The van der Waals surface area contributed by atoms with Gasteiger partial charge in [-0.05, 0) is 28.1 Å². The van der Waals surface area contributed by atoms with Crippen molar-refractivity contribution in [2.45, 2.75) is 6.54 Å². The normalized spacial score (nSPS) is 10.3. The van der Waals surface area contributed by atoms with Gasteiger partial charge in [0.15, 0.2) is 0 Å². The van der Waals surface area contributed by atoms with Crippen LogP contribution in [0.25, 0.3) is 0 Å². The zero-order valence-electron chi connectivity index (χ0n) is 8.91. The molecule has 2 rings (SSSR count). The van der Waals surface area contributed by atoms with Crippen molar-refractivity contribution in [2.24, 2.45) is 0 Å². The quantitative estimate of drug-likeness (QED) is 0.881. The van der Waals surface area contributed by atoms with Crippen LogP contribution in [0.15, 0.2) is 26.6 Å². The van der Waals surface area contributed by atoms with Crippen molar-refractivity contribution < 1.29 is 4.74 Å². The summed E-state index contributed by atoms with van der Waals surface area (Å²) in [6.45, 7) is 0.635. The molecule has 1 aromatic heterocycles. The largest absolute Gasteiger partial charge is 0.495 e. The molecular weight excluding hydrogens is 370 g/mol. The van der Waals surface area contributed by atoms with E-state index in [-0.39, 0.29) is 0 Å². The van der Waals surface area contributed by atoms with E-state index >= 15 is 0 Å². The predicted molar refractivity (Wildman–Crippen MR) is 75.6 cm³/mol. The van der Waals surface area contributed by atoms with Gasteiger partial charge in [0.2, 0.25) is 5.13 Å². The summed E-state index contributed by atoms with van der Waals surface area (Å²) in [5.41, 5.74) is 2.74. The maximum absolute atomic E-state index is 5.36. The van der Waals surface area contributed by atoms with E-state index in [0.29, 0.717) is 6.54 Å². The standard InChI is InChI=1S/C10H9Br2N3OS/c1-16-9-6(2-7(11)3-8(9)12)4-13-10-15-14-5-17-10/h2-3,5H,4H2,1H3,(H,13,15). The molecule has 0 aliphatic rings. The van der Waals surface area contributed by atoms with Gasteiger partial charge in [0.1, 0.15) is 11.3 Å². The first-order chi connectivity index (χ1) is 8.20. The van der Waals surface area contributed by atoms with Crippen LogP contribution in [0.4, 0.5) is 5.13 Å². The van der Waals surface area contributed by atoms with Crippen molar-refractivity contribution in [1.29, 1.82) is 0 Å². The highest BCUT2D eigenvalue weighted by Gasteiger charge is 2.09. The van der Waals surface area contributed by atoms with Crippen molar-refractivity contribution in [3.05, 3.63) is 32.2 Å². The Bertz CT molecular complexity index is 505. The Morgan fingerprint density at radius 3 is 2.88 bits per heavy atom. The fourth-order valence-electron chi connectivity index (χ4n) is 1.39. The number of ether oxygens (including phenoxy) is 1. The zero-order chi connectivity index (χ0) is 12.3. The van der Waals surface area contributed by atoms with Crippen LogP contribution >= 0.6 is 43.2 Å². The van der Waals surface area contributed by atoms with E-state index in [0.717, 1.165) is 25.4 Å². The zero-order valence-corrected chi connectivity index (χ0v) is 12.9. The molecular formula is C10H9Br2N3OS. The summed E-state index contributed by atoms with van der Waals surface area (Å²) in [5, 5.41) is 11.7. The molecule has 0 spiro atoms. The molecule has 7 heteroatoms. The van der Waals surface area contributed by atoms with E-state index in [1.165, 1.54) is 11.3 Å². The summed E-state index contributed by atoms with van der Waals surface area (Å²) in [6.07, 6.45) is 0. The van der Waals surface area contributed by atoms with Crippen LogP contribution in [0.5, 0.6) is 5.75 Å². The highest BCUT2D eigenvalue weighted by Crippen LogP contribution is 2.33. The number of nitrogens with one attached hydrogen (secondary N) is 1. The molecule has 0 unspecified atom stereocenters. The molecule has 0 saturated carbocycles. The average Bonchev–Trinajstić information content (AvgIpc) is 2.78. The van der Waals surface area contributed by atoms with Gasteiger partial charge in [-0.25, -0.2) is 0 Å². The minimum absolute atomic E-state index is 0.635. The van der Waals surface area contributed by atoms with E-state index in [2.05, 4.69) is 47.4 Å². The Balaban J connectivity index is 2.19. The molecule has 1 N–H and O–H groups in total. The molecule has 0 radical (unpaired) electrons. The Hall–Kier alpha value is -0.660. The van der Waals surface area contributed by atoms with E-state index in [1.807, 2.05) is 12.1 Å². The summed E-state index contributed by atoms with van der Waals surface area (Å²) in [4.78, 5) is 0. The molecule has 0 aliphatic heterocycles. The molecule has 2 aromatic rings. The van der Waals surface area contributed by atoms with Gasteiger partial charge in [-0.15, -0.1) is 10.2 Å². The maximum atomic E-state index is 5.36. The summed E-state index contributed by atoms with van der Waals surface area (Å²) in [7, 11) is 1.66. The monoisotopic (exact) mass is 377 g/mol. The molecule has 1 heterocycles. The molecule has 0 aliphatic carbocycles. The fraction of sp³-hybridized carbons (Fsp3) is 0.200. The number of anilines is 1. The lowest BCUT2D eigenvalue weighted by atomic mass is 10.2. The van der Waals surface area contributed by atoms with E-state index in [4.69, 9.17) is 4.74 Å². The first kappa shape index (κ1) is 12.8. The van der Waals surface area contributed by atoms with Crippen molar-refractivity contribution >= 4 is 48.3 Å². The van der Waals surface area contributed by atoms with Gasteiger partial charge in [-0.3, -0.25) is 0 Å². The molecule has 0 atom stereocenters. The SMILES string of the molecule is COc1c(Br)cc(Br)cc1CNc1nncs1. The first-order valence-corrected chi connectivity index (χ1v) is 7.19. The highest BCUT2D eigenvalue weighted by molar-refractivity contribution is 9.11. The number of hydrogen-bond donors (Lipinski definition) is 1. The first-order valence-electron chi connectivity index (χ1n) is 4.72.